The van der Waals surface area contributed by atoms with E-state index in [2.05, 4.69) is 0 Å². The Morgan fingerprint density at radius 1 is 1.35 bits per heavy atom. The molecule has 2 fully saturated rings. The van der Waals surface area contributed by atoms with Gasteiger partial charge in [0.2, 0.25) is 5.91 Å². The molecule has 1 unspecified atom stereocenters. The Labute approximate surface area is 98.1 Å². The van der Waals surface area contributed by atoms with Gasteiger partial charge in [-0.3, -0.25) is 4.79 Å². The van der Waals surface area contributed by atoms with Crippen LogP contribution in [-0.4, -0.2) is 35.6 Å². The van der Waals surface area contributed by atoms with Crippen LogP contribution in [0.3, 0.4) is 0 Å². The molecule has 2 rings (SSSR count). The van der Waals surface area contributed by atoms with Crippen molar-refractivity contribution >= 4 is 5.91 Å². The van der Waals surface area contributed by atoms with E-state index in [4.69, 9.17) is 5.73 Å². The second-order valence-electron chi connectivity index (χ2n) is 5.66. The number of alkyl halides is 3. The molecule has 0 spiro atoms. The Balaban J connectivity index is 1.95. The maximum atomic E-state index is 12.8. The van der Waals surface area contributed by atoms with Crippen molar-refractivity contribution in [2.75, 3.05) is 13.1 Å². The Hall–Kier alpha value is -0.780. The van der Waals surface area contributed by atoms with E-state index >= 15 is 0 Å². The summed E-state index contributed by atoms with van der Waals surface area (Å²) in [6.45, 7) is 1.13. The molecule has 2 N–H and O–H groups in total. The van der Waals surface area contributed by atoms with E-state index in [9.17, 15) is 18.0 Å². The first-order valence-corrected chi connectivity index (χ1v) is 5.79. The van der Waals surface area contributed by atoms with Gasteiger partial charge in [-0.05, 0) is 26.2 Å². The summed E-state index contributed by atoms with van der Waals surface area (Å²) in [5.74, 6) is -0.238. The molecule has 0 aromatic heterocycles. The highest BCUT2D eigenvalue weighted by atomic mass is 19.4. The second-order valence-corrected chi connectivity index (χ2v) is 5.66. The molecule has 1 amide bonds. The van der Waals surface area contributed by atoms with Crippen LogP contribution >= 0.6 is 0 Å². The molecule has 1 aliphatic heterocycles. The Morgan fingerprint density at radius 3 is 2.35 bits per heavy atom. The summed E-state index contributed by atoms with van der Waals surface area (Å²) in [6.07, 6.45) is -2.49. The molecule has 0 bridgehead atoms. The van der Waals surface area contributed by atoms with E-state index in [-0.39, 0.29) is 31.8 Å². The van der Waals surface area contributed by atoms with Crippen molar-refractivity contribution in [3.05, 3.63) is 0 Å². The number of likely N-dealkylation sites (tertiary alicyclic amines) is 1. The number of carbonyl (C=O) groups excluding carboxylic acids is 1. The maximum Gasteiger partial charge on any atom is 0.395 e. The summed E-state index contributed by atoms with van der Waals surface area (Å²) in [5.41, 5.74) is 3.61. The van der Waals surface area contributed by atoms with Crippen LogP contribution in [0.2, 0.25) is 0 Å². The minimum atomic E-state index is -4.25. The first-order chi connectivity index (χ1) is 7.65. The summed E-state index contributed by atoms with van der Waals surface area (Å²) in [4.78, 5) is 13.1. The molecule has 1 saturated carbocycles. The van der Waals surface area contributed by atoms with Gasteiger partial charge in [-0.25, -0.2) is 0 Å². The van der Waals surface area contributed by atoms with E-state index in [1.165, 1.54) is 11.8 Å². The van der Waals surface area contributed by atoms with Crippen molar-refractivity contribution in [2.24, 2.45) is 11.1 Å². The van der Waals surface area contributed by atoms with Crippen LogP contribution in [0.4, 0.5) is 13.2 Å². The van der Waals surface area contributed by atoms with Gasteiger partial charge in [0, 0.05) is 25.0 Å². The molecule has 17 heavy (non-hydrogen) atoms. The third-order valence-electron chi connectivity index (χ3n) is 3.91. The van der Waals surface area contributed by atoms with Gasteiger partial charge in [0.05, 0.1) is 5.41 Å². The van der Waals surface area contributed by atoms with Gasteiger partial charge < -0.3 is 10.6 Å². The monoisotopic (exact) mass is 250 g/mol. The second kappa shape index (κ2) is 3.60. The quantitative estimate of drug-likeness (QED) is 0.810. The lowest BCUT2D eigenvalue weighted by molar-refractivity contribution is -0.212. The fourth-order valence-corrected chi connectivity index (χ4v) is 2.16. The van der Waals surface area contributed by atoms with Crippen LogP contribution in [0, 0.1) is 5.41 Å². The zero-order valence-corrected chi connectivity index (χ0v) is 9.81. The van der Waals surface area contributed by atoms with Crippen LogP contribution in [0.15, 0.2) is 0 Å². The fraction of sp³-hybridized carbons (Fsp3) is 0.909. The molecule has 1 atom stereocenters. The van der Waals surface area contributed by atoms with Crippen molar-refractivity contribution in [3.8, 4) is 0 Å². The molecule has 3 nitrogen and oxygen atoms in total. The Bertz CT molecular complexity index is 338. The topological polar surface area (TPSA) is 46.3 Å². The molecule has 0 aromatic carbocycles. The van der Waals surface area contributed by atoms with E-state index in [1.54, 1.807) is 0 Å². The number of nitrogens with zero attached hydrogens (tertiary/aromatic N) is 1. The summed E-state index contributed by atoms with van der Waals surface area (Å²) in [5, 5.41) is 0. The van der Waals surface area contributed by atoms with Crippen molar-refractivity contribution < 1.29 is 18.0 Å². The average Bonchev–Trinajstić information content (AvgIpc) is 2.75. The van der Waals surface area contributed by atoms with Crippen LogP contribution < -0.4 is 5.73 Å². The standard InChI is InChI=1S/C11H17F3N2O/c1-9(11(12,13)14)4-5-16(7-9)8(17)6-10(15)2-3-10/h2-7,15H2,1H3. The Kier molecular flexibility index (Phi) is 2.69. The smallest absolute Gasteiger partial charge is 0.342 e. The van der Waals surface area contributed by atoms with E-state index in [0.717, 1.165) is 12.8 Å². The van der Waals surface area contributed by atoms with Crippen LogP contribution in [0.1, 0.15) is 32.6 Å². The highest BCUT2D eigenvalue weighted by Crippen LogP contribution is 2.45. The summed E-state index contributed by atoms with van der Waals surface area (Å²) < 4.78 is 38.3. The molecule has 0 radical (unpaired) electrons. The van der Waals surface area contributed by atoms with Gasteiger partial charge in [0.15, 0.2) is 0 Å². The normalized spacial score (nSPS) is 31.7. The fourth-order valence-electron chi connectivity index (χ4n) is 2.16. The largest absolute Gasteiger partial charge is 0.395 e. The highest BCUT2D eigenvalue weighted by molar-refractivity contribution is 5.78. The number of halogens is 3. The van der Waals surface area contributed by atoms with Crippen molar-refractivity contribution in [2.45, 2.75) is 44.3 Å². The average molecular weight is 250 g/mol. The number of amides is 1. The number of rotatable bonds is 2. The lowest BCUT2D eigenvalue weighted by atomic mass is 9.89. The van der Waals surface area contributed by atoms with Crippen LogP contribution in [0.5, 0.6) is 0 Å². The van der Waals surface area contributed by atoms with Crippen LogP contribution in [0.25, 0.3) is 0 Å². The molecule has 0 aromatic rings. The van der Waals surface area contributed by atoms with Gasteiger partial charge in [0.1, 0.15) is 0 Å². The van der Waals surface area contributed by atoms with Gasteiger partial charge in [-0.1, -0.05) is 0 Å². The molecular weight excluding hydrogens is 233 g/mol. The number of hydrogen-bond acceptors (Lipinski definition) is 2. The van der Waals surface area contributed by atoms with E-state index in [1.807, 2.05) is 0 Å². The van der Waals surface area contributed by atoms with E-state index < -0.39 is 17.1 Å². The molecule has 98 valence electrons. The van der Waals surface area contributed by atoms with Crippen LogP contribution in [-0.2, 0) is 4.79 Å². The summed E-state index contributed by atoms with van der Waals surface area (Å²) in [6, 6.07) is 0. The SMILES string of the molecule is CC1(C(F)(F)F)CCN(C(=O)CC2(N)CC2)C1. The lowest BCUT2D eigenvalue weighted by Crippen LogP contribution is -2.41. The third kappa shape index (κ3) is 2.41. The highest BCUT2D eigenvalue weighted by Gasteiger charge is 2.55. The predicted molar refractivity (Wildman–Crippen MR) is 56.1 cm³/mol. The van der Waals surface area contributed by atoms with E-state index in [0.29, 0.717) is 0 Å². The molecule has 2 aliphatic rings. The molecule has 1 saturated heterocycles. The number of carbonyl (C=O) groups is 1. The zero-order chi connectivity index (χ0) is 12.9. The first kappa shape index (κ1) is 12.7. The molecular formula is C11H17F3N2O. The molecule has 1 aliphatic carbocycles. The summed E-state index contributed by atoms with van der Waals surface area (Å²) >= 11 is 0. The molecule has 1 heterocycles. The van der Waals surface area contributed by atoms with Crippen molar-refractivity contribution in [3.63, 3.8) is 0 Å². The predicted octanol–water partition coefficient (Wildman–Crippen LogP) is 1.67. The van der Waals surface area contributed by atoms with Gasteiger partial charge in [-0.15, -0.1) is 0 Å². The van der Waals surface area contributed by atoms with Crippen molar-refractivity contribution in [1.29, 1.82) is 0 Å². The third-order valence-corrected chi connectivity index (χ3v) is 3.91. The lowest BCUT2D eigenvalue weighted by Gasteiger charge is -2.27. The number of nitrogens with two attached hydrogens (primary N) is 1. The maximum absolute atomic E-state index is 12.8. The van der Waals surface area contributed by atoms with Gasteiger partial charge in [-0.2, -0.15) is 13.2 Å². The zero-order valence-electron chi connectivity index (χ0n) is 9.81. The van der Waals surface area contributed by atoms with Gasteiger partial charge in [0.25, 0.3) is 0 Å². The minimum absolute atomic E-state index is 0.0141. The summed E-state index contributed by atoms with van der Waals surface area (Å²) in [7, 11) is 0. The van der Waals surface area contributed by atoms with Gasteiger partial charge >= 0.3 is 6.18 Å². The first-order valence-electron chi connectivity index (χ1n) is 5.79. The van der Waals surface area contributed by atoms with Crippen molar-refractivity contribution in [1.82, 2.24) is 4.90 Å². The number of hydrogen-bond donors (Lipinski definition) is 1. The Morgan fingerprint density at radius 2 is 1.94 bits per heavy atom. The molecule has 6 heteroatoms. The minimum Gasteiger partial charge on any atom is -0.342 e.